The highest BCUT2D eigenvalue weighted by Crippen LogP contribution is 2.34. The van der Waals surface area contributed by atoms with Crippen molar-refractivity contribution in [3.05, 3.63) is 24.0 Å². The number of nitrogens with one attached hydrogen (secondary N) is 2. The van der Waals surface area contributed by atoms with Gasteiger partial charge in [0.2, 0.25) is 5.91 Å². The first-order valence-electron chi connectivity index (χ1n) is 9.85. The van der Waals surface area contributed by atoms with Crippen LogP contribution in [-0.2, 0) is 16.1 Å². The molecule has 27 heavy (non-hydrogen) atoms. The number of aromatic nitrogens is 2. The van der Waals surface area contributed by atoms with E-state index in [1.165, 1.54) is 6.42 Å². The van der Waals surface area contributed by atoms with E-state index in [-0.39, 0.29) is 5.91 Å². The van der Waals surface area contributed by atoms with Crippen molar-refractivity contribution in [3.8, 4) is 5.75 Å². The highest BCUT2D eigenvalue weighted by Gasteiger charge is 2.44. The smallest absolute Gasteiger partial charge is 0.240 e. The second-order valence-electron chi connectivity index (χ2n) is 7.44. The minimum atomic E-state index is -0.392. The molecule has 4 rings (SSSR count). The Morgan fingerprint density at radius 2 is 2.07 bits per heavy atom. The molecule has 2 aromatic rings. The first kappa shape index (κ1) is 18.3. The molecule has 2 heterocycles. The molecule has 2 N–H and O–H groups in total. The number of morpholine rings is 1. The fraction of sp³-hybridized carbons (Fsp3) is 0.600. The normalized spacial score (nSPS) is 20.5. The summed E-state index contributed by atoms with van der Waals surface area (Å²) in [4.78, 5) is 23.5. The summed E-state index contributed by atoms with van der Waals surface area (Å²) in [6.45, 7) is 3.48. The van der Waals surface area contributed by atoms with E-state index in [1.807, 2.05) is 18.2 Å². The molecule has 146 valence electrons. The molecule has 1 aliphatic heterocycles. The topological polar surface area (TPSA) is 79.5 Å². The van der Waals surface area contributed by atoms with Gasteiger partial charge in [-0.05, 0) is 25.0 Å². The molecular weight excluding hydrogens is 344 g/mol. The third-order valence-electron chi connectivity index (χ3n) is 5.87. The summed E-state index contributed by atoms with van der Waals surface area (Å²) in [5, 5.41) is 3.15. The summed E-state index contributed by atoms with van der Waals surface area (Å²) in [5.41, 5.74) is 1.40. The van der Waals surface area contributed by atoms with Crippen molar-refractivity contribution >= 4 is 16.9 Å². The largest absolute Gasteiger partial charge is 0.497 e. The van der Waals surface area contributed by atoms with Crippen LogP contribution in [0.25, 0.3) is 11.0 Å². The van der Waals surface area contributed by atoms with E-state index in [4.69, 9.17) is 9.47 Å². The molecule has 2 fully saturated rings. The first-order chi connectivity index (χ1) is 13.2. The molecule has 1 amide bonds. The molecule has 1 saturated heterocycles. The maximum atomic E-state index is 13.3. The first-order valence-corrected chi connectivity index (χ1v) is 9.85. The summed E-state index contributed by atoms with van der Waals surface area (Å²) in [5.74, 6) is 1.68. The molecule has 7 nitrogen and oxygen atoms in total. The van der Waals surface area contributed by atoms with Gasteiger partial charge in [-0.1, -0.05) is 19.3 Å². The lowest BCUT2D eigenvalue weighted by Gasteiger charge is -2.46. The average Bonchev–Trinajstić information content (AvgIpc) is 3.15. The number of nitrogens with zero attached hydrogens (tertiary/aromatic N) is 2. The Bertz CT molecular complexity index is 792. The van der Waals surface area contributed by atoms with Gasteiger partial charge in [0.15, 0.2) is 0 Å². The quantitative estimate of drug-likeness (QED) is 0.841. The van der Waals surface area contributed by atoms with Crippen molar-refractivity contribution in [2.75, 3.05) is 33.4 Å². The number of amides is 1. The molecule has 1 aromatic carbocycles. The van der Waals surface area contributed by atoms with Crippen molar-refractivity contribution in [2.24, 2.45) is 0 Å². The summed E-state index contributed by atoms with van der Waals surface area (Å²) in [6, 6.07) is 5.73. The number of methoxy groups -OCH3 is 1. The van der Waals surface area contributed by atoms with E-state index in [9.17, 15) is 4.79 Å². The molecule has 7 heteroatoms. The summed E-state index contributed by atoms with van der Waals surface area (Å²) < 4.78 is 10.8. The van der Waals surface area contributed by atoms with Gasteiger partial charge < -0.3 is 19.8 Å². The second-order valence-corrected chi connectivity index (χ2v) is 7.44. The van der Waals surface area contributed by atoms with E-state index in [2.05, 4.69) is 20.2 Å². The van der Waals surface area contributed by atoms with Crippen LogP contribution in [0.4, 0.5) is 0 Å². The number of carbonyl (C=O) groups excluding carboxylic acids is 1. The highest BCUT2D eigenvalue weighted by molar-refractivity contribution is 5.86. The lowest BCUT2D eigenvalue weighted by molar-refractivity contribution is -0.140. The predicted molar refractivity (Wildman–Crippen MR) is 103 cm³/mol. The van der Waals surface area contributed by atoms with Crippen LogP contribution in [0.3, 0.4) is 0 Å². The SMILES string of the molecule is COc1ccc2nc(CNC(=O)C3(N4CCOCC4)CCCCC3)[nH]c2c1. The molecule has 0 spiro atoms. The zero-order valence-corrected chi connectivity index (χ0v) is 15.9. The maximum Gasteiger partial charge on any atom is 0.240 e. The number of benzene rings is 1. The van der Waals surface area contributed by atoms with Gasteiger partial charge in [0.1, 0.15) is 17.1 Å². The lowest BCUT2D eigenvalue weighted by atomic mass is 9.79. The Labute approximate surface area is 159 Å². The van der Waals surface area contributed by atoms with Gasteiger partial charge in [0.25, 0.3) is 0 Å². The number of carbonyl (C=O) groups is 1. The fourth-order valence-corrected chi connectivity index (χ4v) is 4.40. The van der Waals surface area contributed by atoms with Crippen LogP contribution in [0.15, 0.2) is 18.2 Å². The average molecular weight is 372 g/mol. The molecule has 0 unspecified atom stereocenters. The van der Waals surface area contributed by atoms with Gasteiger partial charge >= 0.3 is 0 Å². The Morgan fingerprint density at radius 1 is 1.30 bits per heavy atom. The van der Waals surface area contributed by atoms with Gasteiger partial charge in [0.05, 0.1) is 37.9 Å². The number of imidazole rings is 1. The molecule has 2 aliphatic rings. The molecule has 1 aromatic heterocycles. The number of hydrogen-bond donors (Lipinski definition) is 2. The highest BCUT2D eigenvalue weighted by atomic mass is 16.5. The van der Waals surface area contributed by atoms with Crippen molar-refractivity contribution in [2.45, 2.75) is 44.2 Å². The summed E-state index contributed by atoms with van der Waals surface area (Å²) in [7, 11) is 1.65. The van der Waals surface area contributed by atoms with E-state index in [1.54, 1.807) is 7.11 Å². The van der Waals surface area contributed by atoms with Crippen LogP contribution < -0.4 is 10.1 Å². The standard InChI is InChI=1S/C20H28N4O3/c1-26-15-5-6-16-17(13-15)23-18(22-16)14-21-19(25)20(7-3-2-4-8-20)24-9-11-27-12-10-24/h5-6,13H,2-4,7-12,14H2,1H3,(H,21,25)(H,22,23). The van der Waals surface area contributed by atoms with Crippen molar-refractivity contribution in [1.82, 2.24) is 20.2 Å². The molecule has 1 aliphatic carbocycles. The summed E-state index contributed by atoms with van der Waals surface area (Å²) >= 11 is 0. The Kier molecular flexibility index (Phi) is 5.31. The van der Waals surface area contributed by atoms with Gasteiger partial charge in [-0.2, -0.15) is 0 Å². The number of fused-ring (bicyclic) bond motifs is 1. The monoisotopic (exact) mass is 372 g/mol. The molecule has 1 saturated carbocycles. The third-order valence-corrected chi connectivity index (χ3v) is 5.87. The van der Waals surface area contributed by atoms with Gasteiger partial charge in [-0.25, -0.2) is 4.98 Å². The number of H-pyrrole nitrogens is 1. The number of aromatic amines is 1. The predicted octanol–water partition coefficient (Wildman–Crippen LogP) is 2.22. The van der Waals surface area contributed by atoms with Gasteiger partial charge in [-0.3, -0.25) is 9.69 Å². The van der Waals surface area contributed by atoms with Crippen LogP contribution >= 0.6 is 0 Å². The molecule has 0 radical (unpaired) electrons. The Hall–Kier alpha value is -2.12. The minimum Gasteiger partial charge on any atom is -0.497 e. The number of rotatable bonds is 5. The Balaban J connectivity index is 1.47. The maximum absolute atomic E-state index is 13.3. The Morgan fingerprint density at radius 3 is 2.81 bits per heavy atom. The second kappa shape index (κ2) is 7.86. The van der Waals surface area contributed by atoms with Gasteiger partial charge in [-0.15, -0.1) is 0 Å². The minimum absolute atomic E-state index is 0.127. The van der Waals surface area contributed by atoms with Gasteiger partial charge in [0, 0.05) is 19.2 Å². The molecular formula is C20H28N4O3. The van der Waals surface area contributed by atoms with Crippen LogP contribution in [0.2, 0.25) is 0 Å². The van der Waals surface area contributed by atoms with Crippen LogP contribution in [0, 0.1) is 0 Å². The fourth-order valence-electron chi connectivity index (χ4n) is 4.40. The van der Waals surface area contributed by atoms with Crippen molar-refractivity contribution < 1.29 is 14.3 Å². The van der Waals surface area contributed by atoms with Crippen LogP contribution in [0.1, 0.15) is 37.9 Å². The lowest BCUT2D eigenvalue weighted by Crippen LogP contribution is -2.62. The van der Waals surface area contributed by atoms with E-state index in [0.29, 0.717) is 19.8 Å². The van der Waals surface area contributed by atoms with E-state index >= 15 is 0 Å². The van der Waals surface area contributed by atoms with E-state index in [0.717, 1.165) is 61.4 Å². The zero-order chi connectivity index (χ0) is 18.7. The molecule has 0 atom stereocenters. The summed E-state index contributed by atoms with van der Waals surface area (Å²) in [6.07, 6.45) is 5.28. The third kappa shape index (κ3) is 3.66. The zero-order valence-electron chi connectivity index (χ0n) is 15.9. The van der Waals surface area contributed by atoms with Crippen molar-refractivity contribution in [3.63, 3.8) is 0 Å². The van der Waals surface area contributed by atoms with Crippen LogP contribution in [0.5, 0.6) is 5.75 Å². The van der Waals surface area contributed by atoms with Crippen molar-refractivity contribution in [1.29, 1.82) is 0 Å². The van der Waals surface area contributed by atoms with Crippen LogP contribution in [-0.4, -0.2) is 59.7 Å². The van der Waals surface area contributed by atoms with E-state index < -0.39 is 5.54 Å². The molecule has 0 bridgehead atoms. The number of hydrogen-bond acceptors (Lipinski definition) is 5. The number of ether oxygens (including phenoxy) is 2.